The first-order valence-electron chi connectivity index (χ1n) is 9.23. The van der Waals surface area contributed by atoms with Gasteiger partial charge in [-0.2, -0.15) is 0 Å². The second-order valence-electron chi connectivity index (χ2n) is 6.82. The Morgan fingerprint density at radius 2 is 1.40 bits per heavy atom. The van der Waals surface area contributed by atoms with E-state index in [1.54, 1.807) is 28.4 Å². The van der Waals surface area contributed by atoms with E-state index < -0.39 is 17.1 Å². The van der Waals surface area contributed by atoms with E-state index in [-0.39, 0.29) is 5.92 Å². The smallest absolute Gasteiger partial charge is 0.334 e. The summed E-state index contributed by atoms with van der Waals surface area (Å²) >= 11 is 0. The van der Waals surface area contributed by atoms with Crippen molar-refractivity contribution in [1.82, 2.24) is 5.32 Å². The Bertz CT molecular complexity index is 363. The first-order valence-corrected chi connectivity index (χ1v) is 14.3. The van der Waals surface area contributed by atoms with Crippen LogP contribution in [-0.2, 0) is 22.5 Å². The molecule has 1 atom stereocenters. The molecule has 0 aliphatic heterocycles. The summed E-state index contributed by atoms with van der Waals surface area (Å²) in [4.78, 5) is 12.4. The van der Waals surface area contributed by atoms with Crippen molar-refractivity contribution in [2.75, 3.05) is 41.5 Å². The predicted octanol–water partition coefficient (Wildman–Crippen LogP) is 3.07. The van der Waals surface area contributed by atoms with Crippen LogP contribution in [0.25, 0.3) is 0 Å². The minimum atomic E-state index is -2.06. The van der Waals surface area contributed by atoms with Crippen LogP contribution >= 0.6 is 0 Å². The van der Waals surface area contributed by atoms with E-state index in [0.717, 1.165) is 44.4 Å². The molecule has 0 radical (unpaired) electrons. The molecule has 0 saturated carbocycles. The van der Waals surface area contributed by atoms with Crippen molar-refractivity contribution in [1.29, 1.82) is 0 Å². The van der Waals surface area contributed by atoms with Crippen LogP contribution < -0.4 is 5.32 Å². The number of hydrogen-bond donors (Lipinski definition) is 1. The molecular weight excluding hydrogens is 354 g/mol. The summed E-state index contributed by atoms with van der Waals surface area (Å²) in [6.07, 6.45) is 3.32. The third-order valence-electron chi connectivity index (χ3n) is 5.10. The van der Waals surface area contributed by atoms with Crippen molar-refractivity contribution < 1.29 is 22.5 Å². The van der Waals surface area contributed by atoms with Gasteiger partial charge in [-0.05, 0) is 51.0 Å². The lowest BCUT2D eigenvalue weighted by atomic mass is 9.98. The van der Waals surface area contributed by atoms with Crippen molar-refractivity contribution in [2.45, 2.75) is 57.8 Å². The lowest BCUT2D eigenvalue weighted by Gasteiger charge is -2.23. The van der Waals surface area contributed by atoms with Crippen LogP contribution in [0.4, 0.5) is 0 Å². The van der Waals surface area contributed by atoms with Gasteiger partial charge in [-0.3, -0.25) is 4.79 Å². The highest BCUT2D eigenvalue weighted by atomic mass is 28.4. The molecule has 0 aromatic carbocycles. The van der Waals surface area contributed by atoms with Gasteiger partial charge in [0, 0.05) is 47.3 Å². The molecule has 0 saturated heterocycles. The Balaban J connectivity index is 4.06. The fourth-order valence-corrected chi connectivity index (χ4v) is 5.45. The van der Waals surface area contributed by atoms with Crippen LogP contribution in [0.1, 0.15) is 32.6 Å². The number of Topliss-reactive ketones (excluding diaryl/α,β-unsaturated/α-hetero) is 1. The Kier molecular flexibility index (Phi) is 13.1. The third-order valence-corrected chi connectivity index (χ3v) is 11.1. The van der Waals surface area contributed by atoms with Gasteiger partial charge in [0.15, 0.2) is 0 Å². The Morgan fingerprint density at radius 1 is 0.920 bits per heavy atom. The van der Waals surface area contributed by atoms with Crippen molar-refractivity contribution in [3.05, 3.63) is 0 Å². The zero-order chi connectivity index (χ0) is 19.3. The highest BCUT2D eigenvalue weighted by Crippen LogP contribution is 2.17. The molecule has 150 valence electrons. The average molecular weight is 394 g/mol. The van der Waals surface area contributed by atoms with Gasteiger partial charge in [-0.25, -0.2) is 0 Å². The number of ketones is 1. The molecule has 8 heteroatoms. The normalized spacial score (nSPS) is 13.9. The summed E-state index contributed by atoms with van der Waals surface area (Å²) in [5, 5.41) is 3.42. The first-order chi connectivity index (χ1) is 11.8. The van der Waals surface area contributed by atoms with Crippen molar-refractivity contribution >= 4 is 22.9 Å². The van der Waals surface area contributed by atoms with Crippen LogP contribution in [0, 0.1) is 5.92 Å². The first kappa shape index (κ1) is 24.9. The fraction of sp³-hybridized carbons (Fsp3) is 0.941. The molecule has 0 rings (SSSR count). The van der Waals surface area contributed by atoms with E-state index in [1.165, 1.54) is 0 Å². The minimum absolute atomic E-state index is 0.0893. The van der Waals surface area contributed by atoms with Crippen LogP contribution in [0.2, 0.25) is 25.2 Å². The number of hydrogen-bond acceptors (Lipinski definition) is 6. The van der Waals surface area contributed by atoms with Crippen LogP contribution in [0.5, 0.6) is 0 Å². The summed E-state index contributed by atoms with van der Waals surface area (Å²) in [5.74, 6) is 0.429. The van der Waals surface area contributed by atoms with Crippen LogP contribution in [0.3, 0.4) is 0 Å². The molecular formula is C17H39NO5Si2. The molecule has 0 heterocycles. The molecule has 0 fully saturated rings. The van der Waals surface area contributed by atoms with Gasteiger partial charge in [-0.1, -0.05) is 6.92 Å². The lowest BCUT2D eigenvalue weighted by molar-refractivity contribution is -0.122. The minimum Gasteiger partial charge on any atom is -0.398 e. The van der Waals surface area contributed by atoms with Crippen molar-refractivity contribution in [3.8, 4) is 0 Å². The molecule has 0 aliphatic rings. The summed E-state index contributed by atoms with van der Waals surface area (Å²) in [7, 11) is 2.79. The van der Waals surface area contributed by atoms with Gasteiger partial charge in [0.1, 0.15) is 5.78 Å². The van der Waals surface area contributed by atoms with Gasteiger partial charge in [0.25, 0.3) is 0 Å². The number of nitrogens with one attached hydrogen (secondary N) is 1. The summed E-state index contributed by atoms with van der Waals surface area (Å²) in [6.45, 7) is 7.82. The molecule has 6 nitrogen and oxygen atoms in total. The number of carbonyl (C=O) groups excluding carboxylic acids is 1. The van der Waals surface area contributed by atoms with Gasteiger partial charge in [0.05, 0.1) is 0 Å². The fourth-order valence-electron chi connectivity index (χ4n) is 2.66. The topological polar surface area (TPSA) is 66.0 Å². The Hall–Kier alpha value is -0.0962. The van der Waals surface area contributed by atoms with Crippen molar-refractivity contribution in [2.24, 2.45) is 5.92 Å². The van der Waals surface area contributed by atoms with E-state index in [1.807, 2.05) is 6.55 Å². The van der Waals surface area contributed by atoms with Gasteiger partial charge in [0.2, 0.25) is 0 Å². The van der Waals surface area contributed by atoms with E-state index in [2.05, 4.69) is 18.8 Å². The van der Waals surface area contributed by atoms with Crippen molar-refractivity contribution in [3.63, 3.8) is 0 Å². The summed E-state index contributed by atoms with van der Waals surface area (Å²) in [6, 6.07) is 1.81. The lowest BCUT2D eigenvalue weighted by Crippen LogP contribution is -2.37. The van der Waals surface area contributed by atoms with E-state index in [0.29, 0.717) is 12.2 Å². The average Bonchev–Trinajstić information content (AvgIpc) is 2.64. The SMILES string of the molecule is CCC(CNCCC[Si](C)(OC)OC)C(=O)CCC[Si](C)(OC)OC. The second kappa shape index (κ2) is 13.1. The maximum atomic E-state index is 12.4. The summed E-state index contributed by atoms with van der Waals surface area (Å²) < 4.78 is 21.9. The monoisotopic (exact) mass is 393 g/mol. The van der Waals surface area contributed by atoms with Crippen LogP contribution in [0.15, 0.2) is 0 Å². The molecule has 1 unspecified atom stereocenters. The largest absolute Gasteiger partial charge is 0.398 e. The molecule has 25 heavy (non-hydrogen) atoms. The molecule has 0 spiro atoms. The van der Waals surface area contributed by atoms with Crippen LogP contribution in [-0.4, -0.2) is 64.4 Å². The zero-order valence-electron chi connectivity index (χ0n) is 17.3. The highest BCUT2D eigenvalue weighted by Gasteiger charge is 2.29. The second-order valence-corrected chi connectivity index (χ2v) is 14.0. The zero-order valence-corrected chi connectivity index (χ0v) is 19.3. The Labute approximate surface area is 156 Å². The third kappa shape index (κ3) is 9.98. The molecule has 1 N–H and O–H groups in total. The van der Waals surface area contributed by atoms with E-state index in [9.17, 15) is 4.79 Å². The molecule has 0 aromatic rings. The molecule has 0 bridgehead atoms. The molecule has 0 aromatic heterocycles. The van der Waals surface area contributed by atoms with Gasteiger partial charge >= 0.3 is 17.1 Å². The number of carbonyl (C=O) groups is 1. The van der Waals surface area contributed by atoms with E-state index >= 15 is 0 Å². The Morgan fingerprint density at radius 3 is 1.84 bits per heavy atom. The molecule has 0 amide bonds. The van der Waals surface area contributed by atoms with Gasteiger partial charge < -0.3 is 23.0 Å². The maximum absolute atomic E-state index is 12.4. The predicted molar refractivity (Wildman–Crippen MR) is 106 cm³/mol. The number of rotatable bonds is 16. The highest BCUT2D eigenvalue weighted by molar-refractivity contribution is 6.66. The standard InChI is InChI=1S/C17H39NO5Si2/c1-8-16(15-18-12-10-14-25(7,22-4)23-5)17(19)11-9-13-24(6,20-2)21-3/h16,18H,8-15H2,1-7H3. The van der Waals surface area contributed by atoms with E-state index in [4.69, 9.17) is 17.7 Å². The summed E-state index contributed by atoms with van der Waals surface area (Å²) in [5.41, 5.74) is 0. The quantitative estimate of drug-likeness (QED) is 0.321. The molecule has 0 aliphatic carbocycles. The van der Waals surface area contributed by atoms with Gasteiger partial charge in [-0.15, -0.1) is 0 Å². The maximum Gasteiger partial charge on any atom is 0.334 e.